The van der Waals surface area contributed by atoms with E-state index in [4.69, 9.17) is 14.5 Å². The topological polar surface area (TPSA) is 69.5 Å². The van der Waals surface area contributed by atoms with Crippen LogP contribution in [-0.2, 0) is 29.2 Å². The van der Waals surface area contributed by atoms with E-state index in [1.54, 1.807) is 11.3 Å². The van der Waals surface area contributed by atoms with Gasteiger partial charge < -0.3 is 18.9 Å². The number of nitrogens with zero attached hydrogens (tertiary/aromatic N) is 4. The predicted molar refractivity (Wildman–Crippen MR) is 173 cm³/mol. The molecule has 0 saturated carbocycles. The lowest BCUT2D eigenvalue weighted by Crippen LogP contribution is -2.46. The smallest absolute Gasteiger partial charge is 0.410 e. The Morgan fingerprint density at radius 3 is 2.56 bits per heavy atom. The Hall–Kier alpha value is -3.75. The van der Waals surface area contributed by atoms with E-state index in [-0.39, 0.29) is 12.1 Å². The van der Waals surface area contributed by atoms with Gasteiger partial charge >= 0.3 is 6.09 Å². The largest absolute Gasteiger partial charge is 0.444 e. The number of benzene rings is 3. The summed E-state index contributed by atoms with van der Waals surface area (Å²) in [4.78, 5) is 24.3. The summed E-state index contributed by atoms with van der Waals surface area (Å²) in [5.41, 5.74) is 3.86. The molecule has 7 nitrogen and oxygen atoms in total. The predicted octanol–water partition coefficient (Wildman–Crippen LogP) is 8.60. The van der Waals surface area contributed by atoms with Crippen LogP contribution < -0.4 is 0 Å². The first-order valence-corrected chi connectivity index (χ1v) is 16.2. The highest BCUT2D eigenvalue weighted by molar-refractivity contribution is 7.13. The van der Waals surface area contributed by atoms with Crippen LogP contribution in [0.5, 0.6) is 0 Å². The number of imidazole rings is 1. The second-order valence-corrected chi connectivity index (χ2v) is 13.3. The summed E-state index contributed by atoms with van der Waals surface area (Å²) in [7, 11) is 0. The van der Waals surface area contributed by atoms with E-state index in [1.165, 1.54) is 10.8 Å². The number of rotatable bonds is 9. The van der Waals surface area contributed by atoms with Crippen LogP contribution in [0.3, 0.4) is 0 Å². The highest BCUT2D eigenvalue weighted by Gasteiger charge is 2.30. The number of amides is 1. The second kappa shape index (κ2) is 12.9. The Labute approximate surface area is 257 Å². The van der Waals surface area contributed by atoms with E-state index in [0.717, 1.165) is 78.2 Å². The molecule has 1 fully saturated rings. The van der Waals surface area contributed by atoms with Gasteiger partial charge in [0.05, 0.1) is 17.6 Å². The summed E-state index contributed by atoms with van der Waals surface area (Å²) in [6.45, 7) is 8.30. The van der Waals surface area contributed by atoms with E-state index < -0.39 is 5.60 Å². The number of piperidine rings is 1. The molecule has 224 valence electrons. The Morgan fingerprint density at radius 2 is 1.81 bits per heavy atom. The maximum absolute atomic E-state index is 13.0. The third kappa shape index (κ3) is 7.08. The highest BCUT2D eigenvalue weighted by atomic mass is 32.1. The van der Waals surface area contributed by atoms with Crippen molar-refractivity contribution in [1.29, 1.82) is 0 Å². The van der Waals surface area contributed by atoms with Crippen molar-refractivity contribution in [2.45, 2.75) is 84.3 Å². The van der Waals surface area contributed by atoms with Crippen LogP contribution in [0.15, 0.2) is 72.2 Å². The van der Waals surface area contributed by atoms with Gasteiger partial charge in [0.25, 0.3) is 0 Å². The molecule has 1 unspecified atom stereocenters. The van der Waals surface area contributed by atoms with Gasteiger partial charge in [0.1, 0.15) is 23.0 Å². The van der Waals surface area contributed by atoms with Crippen LogP contribution in [0, 0.1) is 0 Å². The summed E-state index contributed by atoms with van der Waals surface area (Å²) < 4.78 is 14.3. The van der Waals surface area contributed by atoms with Gasteiger partial charge in [-0.15, -0.1) is 11.3 Å². The molecule has 6 rings (SSSR count). The Balaban J connectivity index is 1.16. The van der Waals surface area contributed by atoms with Crippen molar-refractivity contribution in [3.63, 3.8) is 0 Å². The first-order chi connectivity index (χ1) is 20.8. The Bertz CT molecular complexity index is 1670. The average Bonchev–Trinajstić information content (AvgIpc) is 3.64. The van der Waals surface area contributed by atoms with Crippen LogP contribution >= 0.6 is 11.3 Å². The van der Waals surface area contributed by atoms with Gasteiger partial charge in [0, 0.05) is 36.3 Å². The van der Waals surface area contributed by atoms with Gasteiger partial charge in [-0.2, -0.15) is 0 Å². The van der Waals surface area contributed by atoms with Crippen molar-refractivity contribution in [3.05, 3.63) is 83.6 Å². The minimum absolute atomic E-state index is 0.189. The summed E-state index contributed by atoms with van der Waals surface area (Å²) in [6.07, 6.45) is 6.71. The number of carbonyl (C=O) groups is 1. The summed E-state index contributed by atoms with van der Waals surface area (Å²) in [5.74, 6) is 0.928. The maximum atomic E-state index is 13.0. The molecule has 43 heavy (non-hydrogen) atoms. The number of carbonyl (C=O) groups excluding carboxylic acids is 1. The zero-order valence-electron chi connectivity index (χ0n) is 25.3. The fourth-order valence-electron chi connectivity index (χ4n) is 5.94. The van der Waals surface area contributed by atoms with Crippen molar-refractivity contribution in [2.24, 2.45) is 0 Å². The summed E-state index contributed by atoms with van der Waals surface area (Å²) in [6, 6.07) is 21.5. The van der Waals surface area contributed by atoms with Gasteiger partial charge in [-0.1, -0.05) is 48.5 Å². The maximum Gasteiger partial charge on any atom is 0.410 e. The lowest BCUT2D eigenvalue weighted by Gasteiger charge is -2.37. The first-order valence-electron chi connectivity index (χ1n) is 15.3. The van der Waals surface area contributed by atoms with E-state index in [0.29, 0.717) is 13.2 Å². The number of thiazole rings is 1. The van der Waals surface area contributed by atoms with Crippen molar-refractivity contribution in [2.75, 3.05) is 6.54 Å². The lowest BCUT2D eigenvalue weighted by molar-refractivity contribution is 0.00851. The van der Waals surface area contributed by atoms with Crippen molar-refractivity contribution in [3.8, 4) is 10.6 Å². The van der Waals surface area contributed by atoms with E-state index in [9.17, 15) is 4.79 Å². The molecule has 8 heteroatoms. The molecule has 0 spiro atoms. The standard InChI is InChI=1S/C35H40N4O3S/c1-35(2,3)42-34(40)38-18-7-6-11-29(38)12-8-19-39-31-22-28-10-5-4-9-27(28)21-30(31)37-32(39)24-41-23-25-13-15-26(16-14-25)33-36-17-20-43-33/h4-5,9-10,13-17,20-22,29H,6-8,11-12,18-19,23-24H2,1-3H3. The van der Waals surface area contributed by atoms with Crippen LogP contribution in [0.2, 0.25) is 0 Å². The van der Waals surface area contributed by atoms with Crippen LogP contribution in [0.25, 0.3) is 32.4 Å². The lowest BCUT2D eigenvalue weighted by atomic mass is 9.98. The number of likely N-dealkylation sites (tertiary alicyclic amines) is 1. The summed E-state index contributed by atoms with van der Waals surface area (Å²) in [5, 5.41) is 5.40. The Morgan fingerprint density at radius 1 is 1.02 bits per heavy atom. The molecule has 3 aromatic carbocycles. The van der Waals surface area contributed by atoms with Crippen LogP contribution in [0.4, 0.5) is 4.79 Å². The van der Waals surface area contributed by atoms with E-state index >= 15 is 0 Å². The minimum atomic E-state index is -0.490. The molecule has 0 bridgehead atoms. The molecule has 5 aromatic rings. The number of hydrogen-bond donors (Lipinski definition) is 0. The third-order valence-electron chi connectivity index (χ3n) is 8.00. The minimum Gasteiger partial charge on any atom is -0.444 e. The van der Waals surface area contributed by atoms with Crippen LogP contribution in [-0.4, -0.2) is 43.7 Å². The molecule has 1 aliphatic heterocycles. The van der Waals surface area contributed by atoms with Gasteiger partial charge in [0.2, 0.25) is 0 Å². The molecule has 2 aromatic heterocycles. The fourth-order valence-corrected chi connectivity index (χ4v) is 6.58. The quantitative estimate of drug-likeness (QED) is 0.170. The van der Waals surface area contributed by atoms with Gasteiger partial charge in [0.15, 0.2) is 0 Å². The zero-order valence-corrected chi connectivity index (χ0v) is 26.1. The van der Waals surface area contributed by atoms with Gasteiger partial charge in [-0.25, -0.2) is 14.8 Å². The molecule has 0 aliphatic carbocycles. The van der Waals surface area contributed by atoms with E-state index in [1.807, 2.05) is 37.2 Å². The zero-order chi connectivity index (χ0) is 29.8. The van der Waals surface area contributed by atoms with Gasteiger partial charge in [-0.3, -0.25) is 0 Å². The van der Waals surface area contributed by atoms with Crippen molar-refractivity contribution in [1.82, 2.24) is 19.4 Å². The molecule has 1 aliphatic rings. The molecule has 1 saturated heterocycles. The monoisotopic (exact) mass is 596 g/mol. The first kappa shape index (κ1) is 29.3. The fraction of sp³-hybridized carbons (Fsp3) is 0.400. The Kier molecular flexibility index (Phi) is 8.77. The van der Waals surface area contributed by atoms with Crippen molar-refractivity contribution >= 4 is 39.2 Å². The molecular weight excluding hydrogens is 556 g/mol. The third-order valence-corrected chi connectivity index (χ3v) is 8.82. The summed E-state index contributed by atoms with van der Waals surface area (Å²) >= 11 is 1.64. The normalized spacial score (nSPS) is 15.8. The molecule has 3 heterocycles. The average molecular weight is 597 g/mol. The van der Waals surface area contributed by atoms with Crippen LogP contribution in [0.1, 0.15) is 64.3 Å². The van der Waals surface area contributed by atoms with E-state index in [2.05, 4.69) is 70.2 Å². The van der Waals surface area contributed by atoms with Gasteiger partial charge in [-0.05, 0) is 81.3 Å². The molecule has 1 amide bonds. The number of hydrogen-bond acceptors (Lipinski definition) is 6. The number of fused-ring (bicyclic) bond motifs is 2. The van der Waals surface area contributed by atoms with Crippen molar-refractivity contribution < 1.29 is 14.3 Å². The molecule has 0 radical (unpaired) electrons. The number of ether oxygens (including phenoxy) is 2. The second-order valence-electron chi connectivity index (χ2n) is 12.4. The number of aryl methyl sites for hydroxylation is 1. The molecule has 1 atom stereocenters. The highest BCUT2D eigenvalue weighted by Crippen LogP contribution is 2.28. The number of aromatic nitrogens is 3. The molecule has 0 N–H and O–H groups in total. The molecular formula is C35H40N4O3S. The SMILES string of the molecule is CC(C)(C)OC(=O)N1CCCCC1CCCn1c(COCc2ccc(-c3nccs3)cc2)nc2cc3ccccc3cc21.